The monoisotopic (exact) mass is 287 g/mol. The van der Waals surface area contributed by atoms with Gasteiger partial charge in [0.1, 0.15) is 10.6 Å². The van der Waals surface area contributed by atoms with E-state index in [-0.39, 0.29) is 5.82 Å². The zero-order chi connectivity index (χ0) is 13.0. The van der Waals surface area contributed by atoms with Crippen LogP contribution in [-0.4, -0.2) is 34.5 Å². The Kier molecular flexibility index (Phi) is 4.71. The van der Waals surface area contributed by atoms with E-state index in [0.717, 1.165) is 11.5 Å². The van der Waals surface area contributed by atoms with Crippen molar-refractivity contribution in [3.05, 3.63) is 5.56 Å². The molecule has 0 aromatic carbocycles. The van der Waals surface area contributed by atoms with Gasteiger partial charge in [-0.3, -0.25) is 0 Å². The van der Waals surface area contributed by atoms with Crippen molar-refractivity contribution in [2.75, 3.05) is 30.0 Å². The Hall–Kier alpha value is -0.950. The molecule has 0 radical (unpaired) electrons. The van der Waals surface area contributed by atoms with Crippen LogP contribution in [0.2, 0.25) is 0 Å². The van der Waals surface area contributed by atoms with Gasteiger partial charge in [-0.25, -0.2) is 4.79 Å². The van der Waals surface area contributed by atoms with E-state index in [2.05, 4.69) is 9.69 Å². The van der Waals surface area contributed by atoms with Gasteiger partial charge in [-0.05, 0) is 37.1 Å². The Morgan fingerprint density at radius 3 is 3.17 bits per heavy atom. The third-order valence-electron chi connectivity index (χ3n) is 2.71. The Labute approximate surface area is 115 Å². The van der Waals surface area contributed by atoms with Crippen LogP contribution in [0.25, 0.3) is 0 Å². The van der Waals surface area contributed by atoms with Crippen LogP contribution < -0.4 is 11.1 Å². The molecule has 100 valence electrons. The van der Waals surface area contributed by atoms with Gasteiger partial charge >= 0.3 is 5.97 Å². The topological polar surface area (TPSA) is 77.2 Å². The summed E-state index contributed by atoms with van der Waals surface area (Å²) in [6.07, 6.45) is 2.49. The first kappa shape index (κ1) is 13.5. The SMILES string of the molecule is CCOC(=O)c1c(N)nsc1NCC1CCCS1. The Bertz CT molecular complexity index is 416. The van der Waals surface area contributed by atoms with Crippen LogP contribution in [-0.2, 0) is 4.74 Å². The normalized spacial score (nSPS) is 18.8. The standard InChI is InChI=1S/C11H17N3O2S2/c1-2-16-11(15)8-9(12)14-18-10(8)13-6-7-4-3-5-17-7/h7,13H,2-6H2,1H3,(H2,12,14). The third kappa shape index (κ3) is 3.08. The summed E-state index contributed by atoms with van der Waals surface area (Å²) < 4.78 is 9.00. The van der Waals surface area contributed by atoms with Gasteiger partial charge in [0.2, 0.25) is 0 Å². The molecule has 1 aliphatic heterocycles. The highest BCUT2D eigenvalue weighted by molar-refractivity contribution is 8.00. The van der Waals surface area contributed by atoms with Crippen LogP contribution in [0.3, 0.4) is 0 Å². The van der Waals surface area contributed by atoms with Gasteiger partial charge in [-0.1, -0.05) is 0 Å². The molecule has 1 atom stereocenters. The zero-order valence-electron chi connectivity index (χ0n) is 10.3. The largest absolute Gasteiger partial charge is 0.462 e. The number of nitrogen functional groups attached to an aromatic ring is 1. The first-order valence-electron chi connectivity index (χ1n) is 6.00. The molecular weight excluding hydrogens is 270 g/mol. The highest BCUT2D eigenvalue weighted by Crippen LogP contribution is 2.30. The lowest BCUT2D eigenvalue weighted by molar-refractivity contribution is 0.0529. The second-order valence-electron chi connectivity index (χ2n) is 4.01. The molecule has 3 N–H and O–H groups in total. The second kappa shape index (κ2) is 6.29. The van der Waals surface area contributed by atoms with Gasteiger partial charge in [-0.15, -0.1) is 0 Å². The lowest BCUT2D eigenvalue weighted by Gasteiger charge is -2.10. The van der Waals surface area contributed by atoms with Gasteiger partial charge in [-0.2, -0.15) is 16.1 Å². The molecule has 0 spiro atoms. The van der Waals surface area contributed by atoms with Crippen LogP contribution in [0, 0.1) is 0 Å². The van der Waals surface area contributed by atoms with E-state index in [4.69, 9.17) is 10.5 Å². The number of nitrogens with one attached hydrogen (secondary N) is 1. The van der Waals surface area contributed by atoms with E-state index in [1.54, 1.807) is 6.92 Å². The van der Waals surface area contributed by atoms with Crippen molar-refractivity contribution in [1.29, 1.82) is 0 Å². The third-order valence-corrected chi connectivity index (χ3v) is 4.93. The molecule has 1 aromatic heterocycles. The maximum atomic E-state index is 11.8. The highest BCUT2D eigenvalue weighted by atomic mass is 32.2. The molecule has 0 aliphatic carbocycles. The van der Waals surface area contributed by atoms with Gasteiger partial charge in [0.15, 0.2) is 5.82 Å². The van der Waals surface area contributed by atoms with E-state index in [1.807, 2.05) is 11.8 Å². The van der Waals surface area contributed by atoms with E-state index >= 15 is 0 Å². The number of nitrogens with two attached hydrogens (primary N) is 1. The molecule has 2 rings (SSSR count). The molecule has 0 bridgehead atoms. The number of anilines is 2. The van der Waals surface area contributed by atoms with Gasteiger partial charge < -0.3 is 15.8 Å². The summed E-state index contributed by atoms with van der Waals surface area (Å²) in [6.45, 7) is 2.96. The molecule has 1 aliphatic rings. The lowest BCUT2D eigenvalue weighted by Crippen LogP contribution is -2.15. The summed E-state index contributed by atoms with van der Waals surface area (Å²) in [5.41, 5.74) is 6.09. The molecule has 1 saturated heterocycles. The quantitative estimate of drug-likeness (QED) is 0.809. The number of carbonyl (C=O) groups is 1. The van der Waals surface area contributed by atoms with Crippen LogP contribution in [0.5, 0.6) is 0 Å². The Morgan fingerprint density at radius 2 is 2.50 bits per heavy atom. The van der Waals surface area contributed by atoms with Crippen molar-refractivity contribution in [3.63, 3.8) is 0 Å². The van der Waals surface area contributed by atoms with E-state index in [1.165, 1.54) is 30.1 Å². The molecule has 18 heavy (non-hydrogen) atoms. The van der Waals surface area contributed by atoms with Crippen LogP contribution in [0.15, 0.2) is 0 Å². The predicted octanol–water partition coefficient (Wildman–Crippen LogP) is 2.21. The van der Waals surface area contributed by atoms with Crippen molar-refractivity contribution >= 4 is 40.1 Å². The number of aromatic nitrogens is 1. The number of hydrogen-bond acceptors (Lipinski definition) is 7. The van der Waals surface area contributed by atoms with E-state index in [0.29, 0.717) is 17.4 Å². The van der Waals surface area contributed by atoms with E-state index < -0.39 is 5.97 Å². The number of thioether (sulfide) groups is 1. The molecule has 1 fully saturated rings. The zero-order valence-corrected chi connectivity index (χ0v) is 11.9. The molecular formula is C11H17N3O2S2. The van der Waals surface area contributed by atoms with Crippen molar-refractivity contribution in [2.45, 2.75) is 25.0 Å². The van der Waals surface area contributed by atoms with Crippen LogP contribution in [0.1, 0.15) is 30.1 Å². The summed E-state index contributed by atoms with van der Waals surface area (Å²) in [4.78, 5) is 11.8. The fourth-order valence-corrected chi connectivity index (χ4v) is 3.74. The van der Waals surface area contributed by atoms with Gasteiger partial charge in [0.25, 0.3) is 0 Å². The fraction of sp³-hybridized carbons (Fsp3) is 0.636. The van der Waals surface area contributed by atoms with Crippen LogP contribution >= 0.6 is 23.3 Å². The summed E-state index contributed by atoms with van der Waals surface area (Å²) in [6, 6.07) is 0. The summed E-state index contributed by atoms with van der Waals surface area (Å²) in [5, 5.41) is 4.60. The van der Waals surface area contributed by atoms with Crippen molar-refractivity contribution in [1.82, 2.24) is 4.37 Å². The first-order valence-corrected chi connectivity index (χ1v) is 7.82. The summed E-state index contributed by atoms with van der Waals surface area (Å²) >= 11 is 3.18. The molecule has 1 aromatic rings. The maximum absolute atomic E-state index is 11.8. The Morgan fingerprint density at radius 1 is 1.67 bits per heavy atom. The lowest BCUT2D eigenvalue weighted by atomic mass is 10.2. The molecule has 0 saturated carbocycles. The predicted molar refractivity (Wildman–Crippen MR) is 76.5 cm³/mol. The van der Waals surface area contributed by atoms with Gasteiger partial charge in [0, 0.05) is 11.8 Å². The molecule has 0 amide bonds. The average Bonchev–Trinajstić information content (AvgIpc) is 2.96. The maximum Gasteiger partial charge on any atom is 0.344 e. The summed E-state index contributed by atoms with van der Waals surface area (Å²) in [5.74, 6) is 1.08. The molecule has 2 heterocycles. The van der Waals surface area contributed by atoms with Crippen molar-refractivity contribution in [3.8, 4) is 0 Å². The van der Waals surface area contributed by atoms with Crippen LogP contribution in [0.4, 0.5) is 10.8 Å². The van der Waals surface area contributed by atoms with Crippen molar-refractivity contribution in [2.24, 2.45) is 0 Å². The molecule has 7 heteroatoms. The number of ether oxygens (including phenoxy) is 1. The molecule has 1 unspecified atom stereocenters. The number of nitrogens with zero attached hydrogens (tertiary/aromatic N) is 1. The average molecular weight is 287 g/mol. The molecule has 5 nitrogen and oxygen atoms in total. The number of rotatable bonds is 5. The van der Waals surface area contributed by atoms with Crippen molar-refractivity contribution < 1.29 is 9.53 Å². The van der Waals surface area contributed by atoms with E-state index in [9.17, 15) is 4.79 Å². The smallest absolute Gasteiger partial charge is 0.344 e. The second-order valence-corrected chi connectivity index (χ2v) is 6.19. The number of hydrogen-bond donors (Lipinski definition) is 2. The first-order chi connectivity index (χ1) is 8.72. The minimum atomic E-state index is -0.398. The Balaban J connectivity index is 2.01. The fourth-order valence-electron chi connectivity index (χ4n) is 1.84. The number of carbonyl (C=O) groups excluding carboxylic acids is 1. The highest BCUT2D eigenvalue weighted by Gasteiger charge is 2.22. The minimum Gasteiger partial charge on any atom is -0.462 e. The minimum absolute atomic E-state index is 0.250. The summed E-state index contributed by atoms with van der Waals surface area (Å²) in [7, 11) is 0. The number of esters is 1. The van der Waals surface area contributed by atoms with Gasteiger partial charge in [0.05, 0.1) is 6.61 Å².